The molecule has 3 N–H and O–H groups in total. The normalized spacial score (nSPS) is 9.88. The molecule has 0 fully saturated rings. The first kappa shape index (κ1) is 19.1. The monoisotopic (exact) mass is 336 g/mol. The van der Waals surface area contributed by atoms with E-state index < -0.39 is 5.97 Å². The molecule has 0 aliphatic heterocycles. The van der Waals surface area contributed by atoms with Gasteiger partial charge < -0.3 is 25.1 Å². The Morgan fingerprint density at radius 1 is 1.12 bits per heavy atom. The highest BCUT2D eigenvalue weighted by Crippen LogP contribution is 2.25. The van der Waals surface area contributed by atoms with Crippen molar-refractivity contribution in [2.75, 3.05) is 14.2 Å². The van der Waals surface area contributed by atoms with Crippen LogP contribution in [0.4, 0.5) is 0 Å². The maximum absolute atomic E-state index is 12.1. The summed E-state index contributed by atoms with van der Waals surface area (Å²) < 4.78 is 20.8. The van der Waals surface area contributed by atoms with Gasteiger partial charge in [0.25, 0.3) is 0 Å². The van der Waals surface area contributed by atoms with Crippen LogP contribution in [0.1, 0.15) is 24.3 Å². The minimum atomic E-state index is -0.592. The third-order valence-electron chi connectivity index (χ3n) is 2.58. The third kappa shape index (κ3) is 4.78. The molecule has 2 aromatic heterocycles. The van der Waals surface area contributed by atoms with E-state index in [1.807, 2.05) is 0 Å². The third-order valence-corrected chi connectivity index (χ3v) is 2.58. The molecule has 2 heterocycles. The van der Waals surface area contributed by atoms with Crippen molar-refractivity contribution in [1.29, 1.82) is 0 Å². The zero-order valence-corrected chi connectivity index (χ0v) is 14.0. The highest BCUT2D eigenvalue weighted by Gasteiger charge is 2.19. The Hall–Kier alpha value is -2.94. The molecule has 2 rings (SSSR count). The van der Waals surface area contributed by atoms with Crippen LogP contribution in [-0.2, 0) is 4.74 Å². The first-order chi connectivity index (χ1) is 11.0. The van der Waals surface area contributed by atoms with E-state index in [1.165, 1.54) is 26.5 Å². The molecule has 9 heteroatoms. The van der Waals surface area contributed by atoms with E-state index in [1.54, 1.807) is 26.0 Å². The Bertz CT molecular complexity index is 671. The number of hydrogen-bond donors (Lipinski definition) is 1. The van der Waals surface area contributed by atoms with Crippen LogP contribution in [0.2, 0.25) is 0 Å². The molecule has 0 atom stereocenters. The Balaban J connectivity index is 0.00000288. The van der Waals surface area contributed by atoms with Crippen molar-refractivity contribution in [3.63, 3.8) is 0 Å². The standard InChI is InChI=1S/C15H17N3O5.H3N/c1-9(2)22-14(19)13-10(6-5-7-16-13)23-15-17-11(20-3)8-12(18-15)21-4;/h5-9H,1-4H3;1H3. The Labute approximate surface area is 139 Å². The quantitative estimate of drug-likeness (QED) is 0.790. The molecule has 0 aromatic carbocycles. The van der Waals surface area contributed by atoms with E-state index in [9.17, 15) is 4.79 Å². The fourth-order valence-corrected chi connectivity index (χ4v) is 1.63. The molecule has 0 radical (unpaired) electrons. The summed E-state index contributed by atoms with van der Waals surface area (Å²) in [5, 5.41) is 0. The molecular formula is C15H20N4O5. The maximum atomic E-state index is 12.1. The lowest BCUT2D eigenvalue weighted by Gasteiger charge is -2.11. The molecule has 2 aromatic rings. The van der Waals surface area contributed by atoms with Crippen molar-refractivity contribution >= 4 is 5.97 Å². The highest BCUT2D eigenvalue weighted by atomic mass is 16.5. The highest BCUT2D eigenvalue weighted by molar-refractivity contribution is 5.90. The van der Waals surface area contributed by atoms with Gasteiger partial charge in [-0.2, -0.15) is 9.97 Å². The second-order valence-corrected chi connectivity index (χ2v) is 4.64. The van der Waals surface area contributed by atoms with Gasteiger partial charge in [0.1, 0.15) is 0 Å². The zero-order valence-electron chi connectivity index (χ0n) is 14.0. The fourth-order valence-electron chi connectivity index (χ4n) is 1.63. The summed E-state index contributed by atoms with van der Waals surface area (Å²) in [7, 11) is 2.92. The van der Waals surface area contributed by atoms with E-state index in [4.69, 9.17) is 18.9 Å². The first-order valence-corrected chi connectivity index (χ1v) is 6.84. The number of ether oxygens (including phenoxy) is 4. The minimum Gasteiger partial charge on any atom is -0.481 e. The molecular weight excluding hydrogens is 316 g/mol. The molecule has 0 amide bonds. The summed E-state index contributed by atoms with van der Waals surface area (Å²) in [4.78, 5) is 24.1. The molecule has 9 nitrogen and oxygen atoms in total. The van der Waals surface area contributed by atoms with Crippen LogP contribution in [0.25, 0.3) is 0 Å². The predicted octanol–water partition coefficient (Wildman–Crippen LogP) is 2.41. The lowest BCUT2D eigenvalue weighted by Crippen LogP contribution is -2.14. The summed E-state index contributed by atoms with van der Waals surface area (Å²) in [6.45, 7) is 3.49. The van der Waals surface area contributed by atoms with Gasteiger partial charge in [0.2, 0.25) is 11.8 Å². The first-order valence-electron chi connectivity index (χ1n) is 6.84. The summed E-state index contributed by atoms with van der Waals surface area (Å²) in [6.07, 6.45) is 1.20. The average molecular weight is 336 g/mol. The largest absolute Gasteiger partial charge is 0.481 e. The van der Waals surface area contributed by atoms with Gasteiger partial charge in [-0.05, 0) is 26.0 Å². The zero-order chi connectivity index (χ0) is 16.8. The molecule has 0 saturated carbocycles. The van der Waals surface area contributed by atoms with Crippen LogP contribution in [0.3, 0.4) is 0 Å². The van der Waals surface area contributed by atoms with E-state index >= 15 is 0 Å². The Kier molecular flexibility index (Phi) is 6.87. The van der Waals surface area contributed by atoms with Crippen LogP contribution in [0.5, 0.6) is 23.5 Å². The van der Waals surface area contributed by atoms with Gasteiger partial charge in [0, 0.05) is 6.20 Å². The van der Waals surface area contributed by atoms with Crippen molar-refractivity contribution in [3.8, 4) is 23.5 Å². The summed E-state index contributed by atoms with van der Waals surface area (Å²) in [5.74, 6) is 0.114. The van der Waals surface area contributed by atoms with Crippen molar-refractivity contribution in [2.45, 2.75) is 20.0 Å². The number of methoxy groups -OCH3 is 2. The molecule has 130 valence electrons. The Morgan fingerprint density at radius 2 is 1.75 bits per heavy atom. The van der Waals surface area contributed by atoms with E-state index in [-0.39, 0.29) is 41.5 Å². The molecule has 0 aliphatic carbocycles. The molecule has 0 spiro atoms. The number of esters is 1. The number of aromatic nitrogens is 3. The number of rotatable bonds is 6. The van der Waals surface area contributed by atoms with Gasteiger partial charge in [-0.15, -0.1) is 0 Å². The molecule has 0 bridgehead atoms. The van der Waals surface area contributed by atoms with Crippen molar-refractivity contribution < 1.29 is 23.7 Å². The topological polar surface area (TPSA) is 128 Å². The Morgan fingerprint density at radius 3 is 2.29 bits per heavy atom. The minimum absolute atomic E-state index is 0. The van der Waals surface area contributed by atoms with Crippen LogP contribution in [0.15, 0.2) is 24.4 Å². The number of carbonyl (C=O) groups excluding carboxylic acids is 1. The summed E-state index contributed by atoms with van der Waals surface area (Å²) in [5.41, 5.74) is 0.0339. The molecule has 24 heavy (non-hydrogen) atoms. The van der Waals surface area contributed by atoms with Crippen molar-refractivity contribution in [3.05, 3.63) is 30.1 Å². The number of carbonyl (C=O) groups is 1. The number of hydrogen-bond acceptors (Lipinski definition) is 9. The van der Waals surface area contributed by atoms with Crippen LogP contribution in [0, 0.1) is 0 Å². The van der Waals surface area contributed by atoms with Crippen LogP contribution < -0.4 is 20.4 Å². The molecule has 0 aliphatic rings. The van der Waals surface area contributed by atoms with Gasteiger partial charge in [0.05, 0.1) is 26.4 Å². The smallest absolute Gasteiger partial charge is 0.361 e. The molecule has 0 saturated heterocycles. The van der Waals surface area contributed by atoms with Gasteiger partial charge in [-0.1, -0.05) is 0 Å². The van der Waals surface area contributed by atoms with Crippen molar-refractivity contribution in [2.24, 2.45) is 0 Å². The van der Waals surface area contributed by atoms with Gasteiger partial charge in [-0.25, -0.2) is 9.78 Å². The number of pyridine rings is 1. The van der Waals surface area contributed by atoms with Gasteiger partial charge in [-0.3, -0.25) is 0 Å². The fraction of sp³-hybridized carbons (Fsp3) is 0.333. The average Bonchev–Trinajstić information content (AvgIpc) is 2.54. The predicted molar refractivity (Wildman–Crippen MR) is 85.0 cm³/mol. The lowest BCUT2D eigenvalue weighted by molar-refractivity contribution is 0.0367. The summed E-state index contributed by atoms with van der Waals surface area (Å²) >= 11 is 0. The number of nitrogens with zero attached hydrogens (tertiary/aromatic N) is 3. The van der Waals surface area contributed by atoms with Gasteiger partial charge >= 0.3 is 12.0 Å². The van der Waals surface area contributed by atoms with E-state index in [0.29, 0.717) is 0 Å². The van der Waals surface area contributed by atoms with Crippen molar-refractivity contribution in [1.82, 2.24) is 21.1 Å². The van der Waals surface area contributed by atoms with E-state index in [0.717, 1.165) is 0 Å². The maximum Gasteiger partial charge on any atom is 0.361 e. The second-order valence-electron chi connectivity index (χ2n) is 4.64. The van der Waals surface area contributed by atoms with Crippen LogP contribution in [-0.4, -0.2) is 41.2 Å². The summed E-state index contributed by atoms with van der Waals surface area (Å²) in [6, 6.07) is 4.66. The second kappa shape index (κ2) is 8.63. The van der Waals surface area contributed by atoms with Crippen LogP contribution >= 0.6 is 0 Å². The molecule has 0 unspecified atom stereocenters. The lowest BCUT2D eigenvalue weighted by atomic mass is 10.3. The SMILES string of the molecule is COc1cc(OC)nc(Oc2cccnc2C(=O)OC(C)C)n1.N. The van der Waals surface area contributed by atoms with Gasteiger partial charge in [0.15, 0.2) is 11.4 Å². The van der Waals surface area contributed by atoms with E-state index in [2.05, 4.69) is 15.0 Å².